The van der Waals surface area contributed by atoms with Crippen LogP contribution in [0.1, 0.15) is 0 Å². The Balaban J connectivity index is 4.51. The van der Waals surface area contributed by atoms with Crippen LogP contribution in [-0.2, 0) is 31.4 Å². The van der Waals surface area contributed by atoms with Crippen molar-refractivity contribution in [3.8, 4) is 0 Å². The number of hydrogen-bond acceptors (Lipinski definition) is 7. The van der Waals surface area contributed by atoms with Crippen molar-refractivity contribution >= 4 is 46.4 Å². The van der Waals surface area contributed by atoms with Crippen LogP contribution in [-0.4, -0.2) is 59.6 Å². The Morgan fingerprint density at radius 1 is 0.821 bits per heavy atom. The molecule has 1 atom stereocenters. The highest BCUT2D eigenvalue weighted by Crippen LogP contribution is 2.22. The first-order chi connectivity index (χ1) is 12.7. The summed E-state index contributed by atoms with van der Waals surface area (Å²) in [6.07, 6.45) is 2.32. The normalized spacial score (nSPS) is 13.5. The molecule has 0 saturated heterocycles. The van der Waals surface area contributed by atoms with Crippen molar-refractivity contribution in [3.63, 3.8) is 0 Å². The van der Waals surface area contributed by atoms with Gasteiger partial charge in [0.2, 0.25) is 0 Å². The molecular weight excluding hydrogens is 429 g/mol. The molecule has 162 valence electrons. The van der Waals surface area contributed by atoms with Crippen LogP contribution in [0, 0.1) is 0 Å². The van der Waals surface area contributed by atoms with Crippen LogP contribution in [0.25, 0.3) is 0 Å². The highest BCUT2D eigenvalue weighted by atomic mass is 28.5. The van der Waals surface area contributed by atoms with Crippen LogP contribution >= 0.6 is 0 Å². The molecular formula is C17H36O7Si4. The van der Waals surface area contributed by atoms with E-state index in [1.165, 1.54) is 0 Å². The van der Waals surface area contributed by atoms with Crippen LogP contribution in [0.5, 0.6) is 0 Å². The predicted molar refractivity (Wildman–Crippen MR) is 121 cm³/mol. The number of hydrogen-bond donors (Lipinski definition) is 0. The Labute approximate surface area is 174 Å². The Morgan fingerprint density at radius 2 is 1.25 bits per heavy atom. The molecule has 0 spiro atoms. The van der Waals surface area contributed by atoms with Crippen LogP contribution in [0.2, 0.25) is 57.9 Å². The molecule has 0 aliphatic rings. The van der Waals surface area contributed by atoms with Crippen LogP contribution < -0.4 is 0 Å². The molecule has 11 heteroatoms. The zero-order chi connectivity index (χ0) is 22.0. The fourth-order valence-corrected chi connectivity index (χ4v) is 18.0. The summed E-state index contributed by atoms with van der Waals surface area (Å²) in [7, 11) is -8.34. The Kier molecular flexibility index (Phi) is 11.6. The number of carbonyl (C=O) groups is 2. The zero-order valence-corrected chi connectivity index (χ0v) is 22.5. The third kappa shape index (κ3) is 13.4. The van der Waals surface area contributed by atoms with E-state index in [0.717, 1.165) is 12.2 Å². The molecule has 0 aliphatic carbocycles. The molecule has 0 aromatic heterocycles. The highest BCUT2D eigenvalue weighted by Gasteiger charge is 2.37. The van der Waals surface area contributed by atoms with E-state index in [4.69, 9.17) is 21.8 Å². The van der Waals surface area contributed by atoms with Crippen molar-refractivity contribution < 1.29 is 31.4 Å². The molecule has 0 saturated carbocycles. The molecule has 0 heterocycles. The summed E-state index contributed by atoms with van der Waals surface area (Å²) in [5.74, 6) is -0.836. The highest BCUT2D eigenvalue weighted by molar-refractivity contribution is 6.85. The van der Waals surface area contributed by atoms with Crippen molar-refractivity contribution in [2.75, 3.05) is 13.2 Å². The van der Waals surface area contributed by atoms with Gasteiger partial charge < -0.3 is 21.8 Å². The van der Waals surface area contributed by atoms with E-state index >= 15 is 0 Å². The standard InChI is InChI=1S/C17H36O7Si4/c1-10-16(18)20-12-14-26(4,5)22-25(3)23-28(8,9)24-27(6,7)15-13-21-17(19)11-2/h10-11,25H,1-2,12-15H2,3-9H3. The third-order valence-electron chi connectivity index (χ3n) is 3.69. The summed E-state index contributed by atoms with van der Waals surface area (Å²) in [6, 6.07) is 1.39. The second kappa shape index (κ2) is 12.0. The lowest BCUT2D eigenvalue weighted by Gasteiger charge is -2.36. The number of carbonyl (C=O) groups excluding carboxylic acids is 2. The van der Waals surface area contributed by atoms with Crippen molar-refractivity contribution in [2.45, 2.75) is 57.9 Å². The van der Waals surface area contributed by atoms with E-state index in [1.54, 1.807) is 0 Å². The SMILES string of the molecule is C=CC(=O)OCC[Si](C)(C)O[SiH](C)O[Si](C)(C)O[Si](C)(C)CCOC(=O)C=C. The van der Waals surface area contributed by atoms with Gasteiger partial charge in [0.1, 0.15) is 0 Å². The minimum Gasteiger partial charge on any atom is -0.463 e. The van der Waals surface area contributed by atoms with Crippen LogP contribution in [0.3, 0.4) is 0 Å². The second-order valence-electron chi connectivity index (χ2n) is 8.07. The lowest BCUT2D eigenvalue weighted by molar-refractivity contribution is -0.138. The molecule has 7 nitrogen and oxygen atoms in total. The summed E-state index contributed by atoms with van der Waals surface area (Å²) < 4.78 is 29.0. The number of rotatable bonds is 14. The Morgan fingerprint density at radius 3 is 1.68 bits per heavy atom. The molecule has 0 radical (unpaired) electrons. The lowest BCUT2D eigenvalue weighted by Crippen LogP contribution is -2.51. The van der Waals surface area contributed by atoms with Crippen molar-refractivity contribution in [2.24, 2.45) is 0 Å². The van der Waals surface area contributed by atoms with Gasteiger partial charge >= 0.3 is 20.5 Å². The minimum absolute atomic E-state index is 0.321. The topological polar surface area (TPSA) is 80.3 Å². The van der Waals surface area contributed by atoms with E-state index in [9.17, 15) is 9.59 Å². The Bertz CT molecular complexity index is 550. The van der Waals surface area contributed by atoms with Gasteiger partial charge in [-0.1, -0.05) is 13.2 Å². The van der Waals surface area contributed by atoms with Gasteiger partial charge in [-0.3, -0.25) is 0 Å². The third-order valence-corrected chi connectivity index (χ3v) is 18.2. The molecule has 0 aliphatic heterocycles. The van der Waals surface area contributed by atoms with E-state index in [-0.39, 0.29) is 0 Å². The first-order valence-corrected chi connectivity index (χ1v) is 20.5. The summed E-state index contributed by atoms with van der Waals surface area (Å²) in [5.41, 5.74) is 0. The predicted octanol–water partition coefficient (Wildman–Crippen LogP) is 3.46. The quantitative estimate of drug-likeness (QED) is 0.221. The summed E-state index contributed by atoms with van der Waals surface area (Å²) >= 11 is 0. The molecule has 0 aromatic carbocycles. The fraction of sp³-hybridized carbons (Fsp3) is 0.647. The van der Waals surface area contributed by atoms with Gasteiger partial charge in [0.05, 0.1) is 13.2 Å². The average Bonchev–Trinajstić information content (AvgIpc) is 2.51. The molecule has 0 aromatic rings. The van der Waals surface area contributed by atoms with Gasteiger partial charge in [-0.25, -0.2) is 9.59 Å². The van der Waals surface area contributed by atoms with Gasteiger partial charge in [-0.05, 0) is 57.9 Å². The average molecular weight is 465 g/mol. The summed E-state index contributed by atoms with van der Waals surface area (Å²) in [6.45, 7) is 21.8. The van der Waals surface area contributed by atoms with E-state index in [1.807, 2.05) is 19.6 Å². The number of ether oxygens (including phenoxy) is 2. The zero-order valence-electron chi connectivity index (χ0n) is 18.3. The largest absolute Gasteiger partial charge is 0.463 e. The summed E-state index contributed by atoms with van der Waals surface area (Å²) in [4.78, 5) is 22.3. The van der Waals surface area contributed by atoms with Crippen molar-refractivity contribution in [1.82, 2.24) is 0 Å². The molecule has 0 amide bonds. The summed E-state index contributed by atoms with van der Waals surface area (Å²) in [5, 5.41) is 0. The molecule has 0 N–H and O–H groups in total. The first kappa shape index (κ1) is 27.2. The van der Waals surface area contributed by atoms with Crippen LogP contribution in [0.4, 0.5) is 0 Å². The van der Waals surface area contributed by atoms with E-state index in [2.05, 4.69) is 39.3 Å². The van der Waals surface area contributed by atoms with Crippen molar-refractivity contribution in [3.05, 3.63) is 25.3 Å². The van der Waals surface area contributed by atoms with Gasteiger partial charge in [-0.2, -0.15) is 0 Å². The maximum atomic E-state index is 11.2. The van der Waals surface area contributed by atoms with Gasteiger partial charge in [0.25, 0.3) is 9.28 Å². The van der Waals surface area contributed by atoms with Crippen LogP contribution in [0.15, 0.2) is 25.3 Å². The van der Waals surface area contributed by atoms with Gasteiger partial charge in [-0.15, -0.1) is 0 Å². The second-order valence-corrected chi connectivity index (χ2v) is 22.7. The number of esters is 2. The van der Waals surface area contributed by atoms with Gasteiger partial charge in [0, 0.05) is 12.2 Å². The molecule has 0 fully saturated rings. The molecule has 0 rings (SSSR count). The lowest BCUT2D eigenvalue weighted by atomic mass is 10.6. The molecule has 1 unspecified atom stereocenters. The maximum Gasteiger partial charge on any atom is 0.330 e. The maximum absolute atomic E-state index is 11.2. The smallest absolute Gasteiger partial charge is 0.330 e. The molecule has 0 bridgehead atoms. The Hall–Kier alpha value is -0.832. The minimum atomic E-state index is -2.38. The van der Waals surface area contributed by atoms with E-state index in [0.29, 0.717) is 25.3 Å². The molecule has 28 heavy (non-hydrogen) atoms. The van der Waals surface area contributed by atoms with Gasteiger partial charge in [0.15, 0.2) is 16.6 Å². The fourth-order valence-electron chi connectivity index (χ4n) is 2.59. The first-order valence-electron chi connectivity index (χ1n) is 9.36. The van der Waals surface area contributed by atoms with E-state index < -0.39 is 46.4 Å². The van der Waals surface area contributed by atoms with Crippen molar-refractivity contribution in [1.29, 1.82) is 0 Å². The monoisotopic (exact) mass is 464 g/mol.